The maximum Gasteiger partial charge on any atom is 0.143 e. The molecule has 0 aliphatic heterocycles. The largest absolute Gasteiger partial charge is 0.244 e. The summed E-state index contributed by atoms with van der Waals surface area (Å²) in [6.07, 6.45) is 1.79. The summed E-state index contributed by atoms with van der Waals surface area (Å²) >= 11 is 1.63. The number of hydrogen-bond donors (Lipinski definition) is 0. The van der Waals surface area contributed by atoms with Crippen molar-refractivity contribution in [3.63, 3.8) is 0 Å². The van der Waals surface area contributed by atoms with Crippen molar-refractivity contribution >= 4 is 21.7 Å². The molecule has 0 bridgehead atoms. The third-order valence-corrected chi connectivity index (χ3v) is 2.17. The molecular weight excluding hydrogens is 339 g/mol. The first-order valence-electron chi connectivity index (χ1n) is 3.04. The van der Waals surface area contributed by atoms with Crippen LogP contribution in [0.15, 0.2) is 18.3 Å². The Bertz CT molecular complexity index is 325. The van der Waals surface area contributed by atoms with E-state index in [1.807, 2.05) is 19.1 Å². The van der Waals surface area contributed by atoms with Gasteiger partial charge in [-0.15, -0.1) is 0 Å². The van der Waals surface area contributed by atoms with Crippen molar-refractivity contribution in [2.24, 2.45) is 0 Å². The normalized spacial score (nSPS) is 9.55. The molecule has 2 rings (SSSR count). The van der Waals surface area contributed by atoms with E-state index < -0.39 is 0 Å². The number of hydrogen-bond acceptors (Lipinski definition) is 3. The average Bonchev–Trinajstić information content (AvgIpc) is 2.27. The number of fused-ring (bicyclic) bond motifs is 1. The molecule has 11 heavy (non-hydrogen) atoms. The van der Waals surface area contributed by atoms with Gasteiger partial charge in [0, 0.05) is 27.3 Å². The third-order valence-electron chi connectivity index (χ3n) is 1.27. The summed E-state index contributed by atoms with van der Waals surface area (Å²) in [6, 6.07) is 3.88. The minimum Gasteiger partial charge on any atom is -0.244 e. The summed E-state index contributed by atoms with van der Waals surface area (Å²) in [5.74, 6) is 0. The Morgan fingerprint density at radius 2 is 2.27 bits per heavy atom. The first-order chi connectivity index (χ1) is 4.86. The fraction of sp³-hybridized carbons (Fsp3) is 0.143. The van der Waals surface area contributed by atoms with Crippen LogP contribution in [0.2, 0.25) is 0 Å². The molecule has 0 unspecified atom stereocenters. The second-order valence-electron chi connectivity index (χ2n) is 2.06. The molecule has 0 spiro atoms. The van der Waals surface area contributed by atoms with E-state index in [0.29, 0.717) is 0 Å². The van der Waals surface area contributed by atoms with Crippen LogP contribution in [-0.4, -0.2) is 9.97 Å². The van der Waals surface area contributed by atoms with E-state index >= 15 is 0 Å². The van der Waals surface area contributed by atoms with E-state index in [2.05, 4.69) is 9.97 Å². The molecule has 0 N–H and O–H groups in total. The summed E-state index contributed by atoms with van der Waals surface area (Å²) in [5, 5.41) is 1.08. The topological polar surface area (TPSA) is 25.8 Å². The van der Waals surface area contributed by atoms with Crippen molar-refractivity contribution in [2.75, 3.05) is 0 Å². The zero-order valence-corrected chi connectivity index (χ0v) is 8.94. The maximum absolute atomic E-state index is 4.27. The van der Waals surface area contributed by atoms with Crippen LogP contribution in [-0.2, 0) is 21.1 Å². The van der Waals surface area contributed by atoms with Gasteiger partial charge in [0.15, 0.2) is 0 Å². The average molecular weight is 345 g/mol. The monoisotopic (exact) mass is 345 g/mol. The Kier molecular flexibility index (Phi) is 2.74. The minimum atomic E-state index is 0. The van der Waals surface area contributed by atoms with Crippen LogP contribution in [0.3, 0.4) is 0 Å². The summed E-state index contributed by atoms with van der Waals surface area (Å²) in [5.41, 5.74) is 1.00. The van der Waals surface area contributed by atoms with E-state index in [0.717, 1.165) is 15.4 Å². The molecule has 0 atom stereocenters. The Labute approximate surface area is 82.9 Å². The first-order valence-corrected chi connectivity index (χ1v) is 3.86. The summed E-state index contributed by atoms with van der Waals surface area (Å²) in [6.45, 7) is 1.99. The number of aromatic nitrogens is 2. The molecule has 2 nitrogen and oxygen atoms in total. The van der Waals surface area contributed by atoms with Gasteiger partial charge in [0.05, 0.1) is 5.01 Å². The molecule has 60 valence electrons. The number of thiazole rings is 1. The van der Waals surface area contributed by atoms with Crippen LogP contribution in [0.25, 0.3) is 10.3 Å². The molecule has 2 heterocycles. The molecule has 0 radical (unpaired) electrons. The summed E-state index contributed by atoms with van der Waals surface area (Å²) in [7, 11) is 0. The summed E-state index contributed by atoms with van der Waals surface area (Å²) in [4.78, 5) is 9.46. The predicted molar refractivity (Wildman–Crippen MR) is 42.2 cm³/mol. The molecule has 0 fully saturated rings. The van der Waals surface area contributed by atoms with Crippen LogP contribution in [0.4, 0.5) is 0 Å². The van der Waals surface area contributed by atoms with Gasteiger partial charge < -0.3 is 0 Å². The number of pyridine rings is 1. The molecule has 0 aliphatic rings. The van der Waals surface area contributed by atoms with Crippen LogP contribution >= 0.6 is 11.3 Å². The van der Waals surface area contributed by atoms with Gasteiger partial charge in [-0.1, -0.05) is 11.3 Å². The number of rotatable bonds is 0. The molecule has 2 aromatic heterocycles. The Hall–Kier alpha value is -0.272. The van der Waals surface area contributed by atoms with Gasteiger partial charge in [-0.2, -0.15) is 0 Å². The number of nitrogens with zero attached hydrogens (tertiary/aromatic N) is 2. The van der Waals surface area contributed by atoms with E-state index in [1.165, 1.54) is 0 Å². The predicted octanol–water partition coefficient (Wildman–Crippen LogP) is 2.00. The fourth-order valence-electron chi connectivity index (χ4n) is 0.878. The van der Waals surface area contributed by atoms with Gasteiger partial charge in [-0.25, -0.2) is 9.97 Å². The second kappa shape index (κ2) is 3.42. The molecule has 0 saturated heterocycles. The SMILES string of the molecule is Cc1nc2cccnc2s1.[Pt]. The van der Waals surface area contributed by atoms with Gasteiger partial charge in [-0.05, 0) is 19.1 Å². The summed E-state index contributed by atoms with van der Waals surface area (Å²) < 4.78 is 0. The van der Waals surface area contributed by atoms with Crippen LogP contribution < -0.4 is 0 Å². The van der Waals surface area contributed by atoms with Crippen molar-refractivity contribution in [3.05, 3.63) is 23.3 Å². The molecule has 0 aliphatic carbocycles. The molecule has 0 saturated carbocycles. The fourth-order valence-corrected chi connectivity index (χ4v) is 1.63. The van der Waals surface area contributed by atoms with E-state index in [9.17, 15) is 0 Å². The van der Waals surface area contributed by atoms with Crippen molar-refractivity contribution in [1.82, 2.24) is 9.97 Å². The van der Waals surface area contributed by atoms with E-state index in [-0.39, 0.29) is 21.1 Å². The number of aryl methyl sites for hydroxylation is 1. The van der Waals surface area contributed by atoms with Gasteiger partial charge in [0.2, 0.25) is 0 Å². The standard InChI is InChI=1S/C7H6N2S.Pt/c1-5-9-6-3-2-4-8-7(6)10-5;/h2-4H,1H3;. The van der Waals surface area contributed by atoms with Crippen molar-refractivity contribution in [3.8, 4) is 0 Å². The molecule has 0 aromatic carbocycles. The van der Waals surface area contributed by atoms with Gasteiger partial charge >= 0.3 is 0 Å². The molecular formula is C7H6N2PtS. The quantitative estimate of drug-likeness (QED) is 0.730. The zero-order valence-electron chi connectivity index (χ0n) is 5.85. The van der Waals surface area contributed by atoms with Crippen molar-refractivity contribution < 1.29 is 21.1 Å². The molecule has 2 aromatic rings. The van der Waals surface area contributed by atoms with Crippen LogP contribution in [0.1, 0.15) is 5.01 Å². The smallest absolute Gasteiger partial charge is 0.143 e. The minimum absolute atomic E-state index is 0. The Balaban J connectivity index is 0.000000605. The first kappa shape index (κ1) is 8.82. The van der Waals surface area contributed by atoms with Gasteiger partial charge in [-0.3, -0.25) is 0 Å². The second-order valence-corrected chi connectivity index (χ2v) is 3.24. The maximum atomic E-state index is 4.27. The molecule has 4 heteroatoms. The van der Waals surface area contributed by atoms with E-state index in [4.69, 9.17) is 0 Å². The van der Waals surface area contributed by atoms with Crippen LogP contribution in [0, 0.1) is 6.92 Å². The Morgan fingerprint density at radius 3 is 3.00 bits per heavy atom. The van der Waals surface area contributed by atoms with Gasteiger partial charge in [0.1, 0.15) is 10.3 Å². The third kappa shape index (κ3) is 1.66. The Morgan fingerprint density at radius 1 is 1.45 bits per heavy atom. The van der Waals surface area contributed by atoms with Crippen molar-refractivity contribution in [1.29, 1.82) is 0 Å². The van der Waals surface area contributed by atoms with Crippen molar-refractivity contribution in [2.45, 2.75) is 6.92 Å². The molecule has 0 amide bonds. The van der Waals surface area contributed by atoms with E-state index in [1.54, 1.807) is 17.5 Å². The van der Waals surface area contributed by atoms with Gasteiger partial charge in [0.25, 0.3) is 0 Å². The zero-order chi connectivity index (χ0) is 6.97. The van der Waals surface area contributed by atoms with Crippen LogP contribution in [0.5, 0.6) is 0 Å².